The van der Waals surface area contributed by atoms with Crippen LogP contribution >= 0.6 is 0 Å². The lowest BCUT2D eigenvalue weighted by Crippen LogP contribution is -2.38. The zero-order chi connectivity index (χ0) is 28.9. The minimum atomic E-state index is -2.93. The molecule has 8 nitrogen and oxygen atoms in total. The van der Waals surface area contributed by atoms with Crippen molar-refractivity contribution in [3.63, 3.8) is 0 Å². The molecule has 0 bridgehead atoms. The predicted molar refractivity (Wildman–Crippen MR) is 144 cm³/mol. The summed E-state index contributed by atoms with van der Waals surface area (Å²) in [5.41, 5.74) is -0.954. The van der Waals surface area contributed by atoms with E-state index in [2.05, 4.69) is 9.97 Å². The first-order valence-corrected chi connectivity index (χ1v) is 13.0. The van der Waals surface area contributed by atoms with E-state index in [-0.39, 0.29) is 23.6 Å². The number of methoxy groups -OCH3 is 1. The molecule has 1 fully saturated rings. The molecule has 0 spiro atoms. The van der Waals surface area contributed by atoms with Gasteiger partial charge in [0, 0.05) is 53.3 Å². The number of alkyl halides is 2. The van der Waals surface area contributed by atoms with Crippen LogP contribution in [-0.4, -0.2) is 52.6 Å². The lowest BCUT2D eigenvalue weighted by atomic mass is 9.86. The first-order valence-electron chi connectivity index (χ1n) is 13.0. The molecular formula is C28H36F3N5O3. The molecule has 0 saturated carbocycles. The number of amides is 1. The Labute approximate surface area is 226 Å². The third kappa shape index (κ3) is 5.93. The standard InChI is InChI=1S/C26H30F3N5O3.C2H6/c1-16(35)34-11-6-9-26(37-4,10-12-34)20-13-19-23(30-15-31-24(19)33(3)25(20)36)32(2)14-17-7-5-8-18(21(17)27)22(28)29;1-2/h5,7-8,13,15,22H,6,9-12,14H2,1-4H3;1-2H3. The summed E-state index contributed by atoms with van der Waals surface area (Å²) in [5.74, 6) is -0.574. The first-order chi connectivity index (χ1) is 18.6. The molecule has 0 N–H and O–H groups in total. The summed E-state index contributed by atoms with van der Waals surface area (Å²) in [4.78, 5) is 37.5. The number of aryl methyl sites for hydroxylation is 1. The molecule has 4 rings (SSSR count). The number of ether oxygens (including phenoxy) is 1. The molecule has 0 aliphatic carbocycles. The summed E-state index contributed by atoms with van der Waals surface area (Å²) in [7, 11) is 4.84. The van der Waals surface area contributed by atoms with Gasteiger partial charge in [0.15, 0.2) is 0 Å². The minimum Gasteiger partial charge on any atom is -0.373 e. The van der Waals surface area contributed by atoms with Gasteiger partial charge in [0.1, 0.15) is 23.6 Å². The number of rotatable bonds is 6. The zero-order valence-electron chi connectivity index (χ0n) is 23.3. The quantitative estimate of drug-likeness (QED) is 0.435. The lowest BCUT2D eigenvalue weighted by molar-refractivity contribution is -0.129. The summed E-state index contributed by atoms with van der Waals surface area (Å²) in [6, 6.07) is 5.62. The maximum atomic E-state index is 14.7. The minimum absolute atomic E-state index is 0.0281. The smallest absolute Gasteiger partial charge is 0.266 e. The topological polar surface area (TPSA) is 80.6 Å². The summed E-state index contributed by atoms with van der Waals surface area (Å²) >= 11 is 0. The van der Waals surface area contributed by atoms with Crippen LogP contribution in [-0.2, 0) is 28.7 Å². The predicted octanol–water partition coefficient (Wildman–Crippen LogP) is 4.94. The van der Waals surface area contributed by atoms with Gasteiger partial charge in [0.25, 0.3) is 12.0 Å². The second-order valence-electron chi connectivity index (χ2n) is 9.39. The van der Waals surface area contributed by atoms with E-state index >= 15 is 0 Å². The second kappa shape index (κ2) is 12.6. The van der Waals surface area contributed by atoms with E-state index in [0.717, 1.165) is 6.07 Å². The van der Waals surface area contributed by atoms with Crippen LogP contribution in [0.5, 0.6) is 0 Å². The van der Waals surface area contributed by atoms with Crippen molar-refractivity contribution in [2.75, 3.05) is 32.1 Å². The van der Waals surface area contributed by atoms with E-state index < -0.39 is 23.4 Å². The largest absolute Gasteiger partial charge is 0.373 e. The Balaban J connectivity index is 0.00000205. The van der Waals surface area contributed by atoms with Gasteiger partial charge in [-0.1, -0.05) is 32.0 Å². The molecule has 1 amide bonds. The zero-order valence-corrected chi connectivity index (χ0v) is 23.3. The van der Waals surface area contributed by atoms with Crippen molar-refractivity contribution >= 4 is 22.8 Å². The summed E-state index contributed by atoms with van der Waals surface area (Å²) in [6.07, 6.45) is 0.0203. The molecule has 1 atom stereocenters. The van der Waals surface area contributed by atoms with Crippen LogP contribution in [0, 0.1) is 5.82 Å². The fraction of sp³-hybridized carbons (Fsp3) is 0.500. The number of pyridine rings is 1. The van der Waals surface area contributed by atoms with Gasteiger partial charge in [-0.15, -0.1) is 0 Å². The van der Waals surface area contributed by atoms with E-state index in [4.69, 9.17) is 4.74 Å². The SMILES string of the molecule is CC.COC1(c2cc3c(N(C)Cc4cccc(C(F)F)c4F)ncnc3n(C)c2=O)CCCN(C(C)=O)CC1. The molecule has 2 aromatic heterocycles. The van der Waals surface area contributed by atoms with Crippen LogP contribution in [0.4, 0.5) is 19.0 Å². The number of hydrogen-bond acceptors (Lipinski definition) is 6. The number of carbonyl (C=O) groups is 1. The van der Waals surface area contributed by atoms with Crippen LogP contribution < -0.4 is 10.5 Å². The summed E-state index contributed by atoms with van der Waals surface area (Å²) < 4.78 is 48.6. The highest BCUT2D eigenvalue weighted by atomic mass is 19.3. The van der Waals surface area contributed by atoms with Gasteiger partial charge < -0.3 is 14.5 Å². The number of aromatic nitrogens is 3. The molecule has 1 unspecified atom stereocenters. The molecule has 0 radical (unpaired) electrons. The van der Waals surface area contributed by atoms with Crippen LogP contribution in [0.2, 0.25) is 0 Å². The highest BCUT2D eigenvalue weighted by Crippen LogP contribution is 2.37. The third-order valence-corrected chi connectivity index (χ3v) is 7.22. The third-order valence-electron chi connectivity index (χ3n) is 7.22. The Morgan fingerprint density at radius 2 is 1.92 bits per heavy atom. The van der Waals surface area contributed by atoms with Gasteiger partial charge in [0.2, 0.25) is 5.91 Å². The average molecular weight is 548 g/mol. The van der Waals surface area contributed by atoms with Crippen molar-refractivity contribution in [2.24, 2.45) is 7.05 Å². The highest BCUT2D eigenvalue weighted by molar-refractivity contribution is 5.87. The number of benzene rings is 1. The maximum absolute atomic E-state index is 14.7. The number of anilines is 1. The number of carbonyl (C=O) groups excluding carboxylic acids is 1. The van der Waals surface area contributed by atoms with Crippen molar-refractivity contribution in [3.05, 3.63) is 63.5 Å². The normalized spacial score (nSPS) is 17.5. The average Bonchev–Trinajstić information content (AvgIpc) is 3.16. The van der Waals surface area contributed by atoms with Crippen LogP contribution in [0.3, 0.4) is 0 Å². The molecular weight excluding hydrogens is 511 g/mol. The molecule has 11 heteroatoms. The van der Waals surface area contributed by atoms with Gasteiger partial charge in [-0.05, 0) is 25.3 Å². The molecule has 3 heterocycles. The van der Waals surface area contributed by atoms with E-state index in [1.54, 1.807) is 37.1 Å². The van der Waals surface area contributed by atoms with Gasteiger partial charge >= 0.3 is 0 Å². The molecule has 212 valence electrons. The van der Waals surface area contributed by atoms with Gasteiger partial charge in [0.05, 0.1) is 22.1 Å². The molecule has 3 aromatic rings. The maximum Gasteiger partial charge on any atom is 0.266 e. The van der Waals surface area contributed by atoms with Crippen LogP contribution in [0.1, 0.15) is 63.1 Å². The summed E-state index contributed by atoms with van der Waals surface area (Å²) in [6.45, 7) is 6.52. The number of nitrogens with zero attached hydrogens (tertiary/aromatic N) is 5. The van der Waals surface area contributed by atoms with E-state index in [0.29, 0.717) is 54.8 Å². The lowest BCUT2D eigenvalue weighted by Gasteiger charge is -2.32. The Morgan fingerprint density at radius 3 is 2.56 bits per heavy atom. The second-order valence-corrected chi connectivity index (χ2v) is 9.39. The van der Waals surface area contributed by atoms with Gasteiger partial charge in [-0.3, -0.25) is 14.2 Å². The number of halogens is 3. The van der Waals surface area contributed by atoms with Crippen molar-refractivity contribution in [1.29, 1.82) is 0 Å². The monoisotopic (exact) mass is 547 g/mol. The van der Waals surface area contributed by atoms with Crippen molar-refractivity contribution in [2.45, 2.75) is 58.6 Å². The van der Waals surface area contributed by atoms with E-state index in [9.17, 15) is 22.8 Å². The van der Waals surface area contributed by atoms with Crippen LogP contribution in [0.25, 0.3) is 11.0 Å². The Kier molecular flexibility index (Phi) is 9.71. The van der Waals surface area contributed by atoms with Gasteiger partial charge in [-0.2, -0.15) is 0 Å². The molecule has 1 saturated heterocycles. The van der Waals surface area contributed by atoms with E-state index in [1.807, 2.05) is 13.8 Å². The van der Waals surface area contributed by atoms with Crippen molar-refractivity contribution in [3.8, 4) is 0 Å². The van der Waals surface area contributed by atoms with Crippen molar-refractivity contribution in [1.82, 2.24) is 19.4 Å². The Hall–Kier alpha value is -3.47. The molecule has 1 aliphatic rings. The number of fused-ring (bicyclic) bond motifs is 1. The molecule has 39 heavy (non-hydrogen) atoms. The summed E-state index contributed by atoms with van der Waals surface area (Å²) in [5, 5.41) is 0.539. The van der Waals surface area contributed by atoms with Gasteiger partial charge in [-0.25, -0.2) is 23.1 Å². The van der Waals surface area contributed by atoms with Crippen molar-refractivity contribution < 1.29 is 22.7 Å². The Morgan fingerprint density at radius 1 is 1.21 bits per heavy atom. The highest BCUT2D eigenvalue weighted by Gasteiger charge is 2.38. The molecule has 1 aliphatic heterocycles. The van der Waals surface area contributed by atoms with E-state index in [1.165, 1.54) is 30.0 Å². The number of hydrogen-bond donors (Lipinski definition) is 0. The fourth-order valence-electron chi connectivity index (χ4n) is 5.11. The first kappa shape index (κ1) is 30.1. The van der Waals surface area contributed by atoms with Crippen LogP contribution in [0.15, 0.2) is 35.4 Å². The molecule has 1 aromatic carbocycles. The number of likely N-dealkylation sites (tertiary alicyclic amines) is 1. The Bertz CT molecular complexity index is 1380. The fourth-order valence-corrected chi connectivity index (χ4v) is 5.11.